The Kier molecular flexibility index (Phi) is 3.66. The monoisotopic (exact) mass is 259 g/mol. The molecule has 0 radical (unpaired) electrons. The van der Waals surface area contributed by atoms with Gasteiger partial charge in [0.05, 0.1) is 17.8 Å². The summed E-state index contributed by atoms with van der Waals surface area (Å²) in [7, 11) is 0. The van der Waals surface area contributed by atoms with E-state index in [1.165, 1.54) is 18.2 Å². The minimum absolute atomic E-state index is 0.177. The number of nitrogens with one attached hydrogen (secondary N) is 1. The molecule has 0 spiro atoms. The number of nitrogens with two attached hydrogens (primary N) is 2. The Morgan fingerprint density at radius 1 is 1.11 bits per heavy atom. The van der Waals surface area contributed by atoms with Crippen molar-refractivity contribution >= 4 is 23.0 Å². The van der Waals surface area contributed by atoms with Gasteiger partial charge in [-0.05, 0) is 35.9 Å². The Bertz CT molecular complexity index is 596. The van der Waals surface area contributed by atoms with Gasteiger partial charge in [-0.25, -0.2) is 4.39 Å². The average Bonchev–Trinajstić information content (AvgIpc) is 2.37. The Morgan fingerprint density at radius 2 is 1.79 bits per heavy atom. The lowest BCUT2D eigenvalue weighted by molar-refractivity contribution is -0.115. The fourth-order valence-corrected chi connectivity index (χ4v) is 1.65. The number of hydrogen-bond acceptors (Lipinski definition) is 3. The van der Waals surface area contributed by atoms with E-state index < -0.39 is 5.82 Å². The smallest absolute Gasteiger partial charge is 0.228 e. The summed E-state index contributed by atoms with van der Waals surface area (Å²) >= 11 is 0. The maximum Gasteiger partial charge on any atom is 0.228 e. The summed E-state index contributed by atoms with van der Waals surface area (Å²) in [6.45, 7) is 0. The van der Waals surface area contributed by atoms with Crippen LogP contribution >= 0.6 is 0 Å². The van der Waals surface area contributed by atoms with E-state index in [-0.39, 0.29) is 18.0 Å². The second kappa shape index (κ2) is 5.39. The summed E-state index contributed by atoms with van der Waals surface area (Å²) in [5, 5.41) is 2.58. The van der Waals surface area contributed by atoms with Gasteiger partial charge in [-0.1, -0.05) is 12.1 Å². The van der Waals surface area contributed by atoms with Crippen molar-refractivity contribution in [3.8, 4) is 0 Å². The molecule has 0 aromatic heterocycles. The van der Waals surface area contributed by atoms with Crippen molar-refractivity contribution in [3.63, 3.8) is 0 Å². The summed E-state index contributed by atoms with van der Waals surface area (Å²) in [5.74, 6) is -0.709. The van der Waals surface area contributed by atoms with Gasteiger partial charge in [0.1, 0.15) is 5.82 Å². The van der Waals surface area contributed by atoms with E-state index in [0.717, 1.165) is 5.56 Å². The van der Waals surface area contributed by atoms with Crippen LogP contribution in [0.4, 0.5) is 21.5 Å². The third-order valence-electron chi connectivity index (χ3n) is 2.63. The zero-order valence-corrected chi connectivity index (χ0v) is 10.2. The Morgan fingerprint density at radius 3 is 2.47 bits per heavy atom. The van der Waals surface area contributed by atoms with E-state index in [1.807, 2.05) is 0 Å². The van der Waals surface area contributed by atoms with Gasteiger partial charge in [-0.15, -0.1) is 0 Å². The maximum atomic E-state index is 13.0. The third-order valence-corrected chi connectivity index (χ3v) is 2.63. The molecule has 4 nitrogen and oxygen atoms in total. The van der Waals surface area contributed by atoms with E-state index in [0.29, 0.717) is 11.4 Å². The molecule has 2 rings (SSSR count). The number of anilines is 3. The van der Waals surface area contributed by atoms with Gasteiger partial charge < -0.3 is 16.8 Å². The lowest BCUT2D eigenvalue weighted by Gasteiger charge is -2.08. The van der Waals surface area contributed by atoms with Crippen molar-refractivity contribution in [2.75, 3.05) is 16.8 Å². The summed E-state index contributed by atoms with van der Waals surface area (Å²) < 4.78 is 13.0. The van der Waals surface area contributed by atoms with E-state index in [2.05, 4.69) is 5.32 Å². The fraction of sp³-hybridized carbons (Fsp3) is 0.0714. The largest absolute Gasteiger partial charge is 0.399 e. The van der Waals surface area contributed by atoms with Gasteiger partial charge in [-0.2, -0.15) is 0 Å². The van der Waals surface area contributed by atoms with E-state index in [4.69, 9.17) is 11.5 Å². The zero-order valence-electron chi connectivity index (χ0n) is 10.2. The third kappa shape index (κ3) is 3.45. The number of hydrogen-bond donors (Lipinski definition) is 3. The van der Waals surface area contributed by atoms with Gasteiger partial charge in [0, 0.05) is 5.69 Å². The first-order chi connectivity index (χ1) is 9.04. The number of carbonyl (C=O) groups excluding carboxylic acids is 1. The van der Waals surface area contributed by atoms with E-state index in [9.17, 15) is 9.18 Å². The fourth-order valence-electron chi connectivity index (χ4n) is 1.65. The quantitative estimate of drug-likeness (QED) is 0.739. The summed E-state index contributed by atoms with van der Waals surface area (Å²) in [5.41, 5.74) is 13.3. The molecule has 1 amide bonds. The van der Waals surface area contributed by atoms with Gasteiger partial charge in [0.15, 0.2) is 0 Å². The molecule has 5 heteroatoms. The van der Waals surface area contributed by atoms with Crippen LogP contribution in [-0.4, -0.2) is 5.91 Å². The topological polar surface area (TPSA) is 81.1 Å². The number of rotatable bonds is 3. The van der Waals surface area contributed by atoms with Crippen molar-refractivity contribution in [2.45, 2.75) is 6.42 Å². The number of benzene rings is 2. The number of nitrogen functional groups attached to an aromatic ring is 2. The predicted molar refractivity (Wildman–Crippen MR) is 74.0 cm³/mol. The van der Waals surface area contributed by atoms with Gasteiger partial charge in [0.25, 0.3) is 0 Å². The maximum absolute atomic E-state index is 13.0. The lowest BCUT2D eigenvalue weighted by Crippen LogP contribution is -2.15. The molecule has 0 fully saturated rings. The first-order valence-electron chi connectivity index (χ1n) is 5.74. The van der Waals surface area contributed by atoms with Crippen molar-refractivity contribution in [1.82, 2.24) is 0 Å². The van der Waals surface area contributed by atoms with E-state index >= 15 is 0 Å². The Balaban J connectivity index is 2.05. The normalized spacial score (nSPS) is 10.2. The minimum atomic E-state index is -0.447. The predicted octanol–water partition coefficient (Wildman–Crippen LogP) is 2.17. The molecule has 0 aliphatic rings. The molecule has 2 aromatic rings. The van der Waals surface area contributed by atoms with Crippen molar-refractivity contribution in [1.29, 1.82) is 0 Å². The van der Waals surface area contributed by atoms with Crippen LogP contribution in [0.2, 0.25) is 0 Å². The summed E-state index contributed by atoms with van der Waals surface area (Å²) in [6, 6.07) is 10.8. The van der Waals surface area contributed by atoms with Crippen LogP contribution in [-0.2, 0) is 11.2 Å². The average molecular weight is 259 g/mol. The van der Waals surface area contributed by atoms with Crippen molar-refractivity contribution in [3.05, 3.63) is 53.8 Å². The second-order valence-corrected chi connectivity index (χ2v) is 4.20. The van der Waals surface area contributed by atoms with Crippen LogP contribution < -0.4 is 16.8 Å². The Hall–Kier alpha value is -2.56. The van der Waals surface area contributed by atoms with Crippen LogP contribution in [0.15, 0.2) is 42.5 Å². The SMILES string of the molecule is Nc1ccc(CC(=O)Nc2cc(F)ccc2N)cc1. The highest BCUT2D eigenvalue weighted by Crippen LogP contribution is 2.19. The lowest BCUT2D eigenvalue weighted by atomic mass is 10.1. The Labute approximate surface area is 110 Å². The molecule has 0 atom stereocenters. The van der Waals surface area contributed by atoms with Crippen LogP contribution in [0.1, 0.15) is 5.56 Å². The molecule has 0 aliphatic carbocycles. The van der Waals surface area contributed by atoms with Gasteiger partial charge >= 0.3 is 0 Å². The number of amides is 1. The van der Waals surface area contributed by atoms with E-state index in [1.54, 1.807) is 24.3 Å². The summed E-state index contributed by atoms with van der Waals surface area (Å²) in [4.78, 5) is 11.8. The van der Waals surface area contributed by atoms with Crippen LogP contribution in [0, 0.1) is 5.82 Å². The highest BCUT2D eigenvalue weighted by atomic mass is 19.1. The zero-order chi connectivity index (χ0) is 13.8. The molecule has 2 aromatic carbocycles. The van der Waals surface area contributed by atoms with Crippen LogP contribution in [0.25, 0.3) is 0 Å². The molecule has 0 bridgehead atoms. The van der Waals surface area contributed by atoms with Crippen LogP contribution in [0.5, 0.6) is 0 Å². The molecule has 0 aliphatic heterocycles. The minimum Gasteiger partial charge on any atom is -0.399 e. The highest BCUT2D eigenvalue weighted by molar-refractivity contribution is 5.95. The van der Waals surface area contributed by atoms with Gasteiger partial charge in [0.2, 0.25) is 5.91 Å². The standard InChI is InChI=1S/C14H14FN3O/c15-10-3-6-12(17)13(8-10)18-14(19)7-9-1-4-11(16)5-2-9/h1-6,8H,7,16-17H2,(H,18,19). The molecule has 0 heterocycles. The molecule has 19 heavy (non-hydrogen) atoms. The number of halogens is 1. The first-order valence-corrected chi connectivity index (χ1v) is 5.74. The molecular weight excluding hydrogens is 245 g/mol. The van der Waals surface area contributed by atoms with Crippen molar-refractivity contribution < 1.29 is 9.18 Å². The van der Waals surface area contributed by atoms with Crippen LogP contribution in [0.3, 0.4) is 0 Å². The second-order valence-electron chi connectivity index (χ2n) is 4.20. The molecular formula is C14H14FN3O. The summed E-state index contributed by atoms with van der Waals surface area (Å²) in [6.07, 6.45) is 0.177. The van der Waals surface area contributed by atoms with Crippen molar-refractivity contribution in [2.24, 2.45) is 0 Å². The number of carbonyl (C=O) groups is 1. The molecule has 5 N–H and O–H groups in total. The molecule has 0 saturated heterocycles. The molecule has 0 saturated carbocycles. The molecule has 0 unspecified atom stereocenters. The van der Waals surface area contributed by atoms with Gasteiger partial charge in [-0.3, -0.25) is 4.79 Å². The highest BCUT2D eigenvalue weighted by Gasteiger charge is 2.07. The first kappa shape index (κ1) is 12.9. The molecule has 98 valence electrons.